The summed E-state index contributed by atoms with van der Waals surface area (Å²) in [5, 5.41) is 7.27. The van der Waals surface area contributed by atoms with E-state index in [0.29, 0.717) is 43.2 Å². The molecule has 4 aromatic rings. The highest BCUT2D eigenvalue weighted by molar-refractivity contribution is 8.26. The Balaban J connectivity index is 1.22. The van der Waals surface area contributed by atoms with Crippen LogP contribution in [0.5, 0.6) is 0 Å². The molecule has 1 aliphatic heterocycles. The van der Waals surface area contributed by atoms with E-state index < -0.39 is 0 Å². The average molecular weight is 537 g/mol. The zero-order valence-electron chi connectivity index (χ0n) is 18.7. The van der Waals surface area contributed by atoms with Gasteiger partial charge in [-0.05, 0) is 60.7 Å². The van der Waals surface area contributed by atoms with Crippen LogP contribution in [0.1, 0.15) is 11.7 Å². The molecule has 2 aromatic heterocycles. The van der Waals surface area contributed by atoms with E-state index in [9.17, 15) is 9.59 Å². The fourth-order valence-corrected chi connectivity index (χ4v) is 4.79. The van der Waals surface area contributed by atoms with Crippen LogP contribution in [0.2, 0.25) is 5.02 Å². The smallest absolute Gasteiger partial charge is 0.266 e. The molecule has 0 aliphatic carbocycles. The van der Waals surface area contributed by atoms with Crippen molar-refractivity contribution in [2.75, 3.05) is 11.9 Å². The molecule has 5 rings (SSSR count). The predicted molar refractivity (Wildman–Crippen MR) is 142 cm³/mol. The molecule has 0 unspecified atom stereocenters. The molecule has 8 nitrogen and oxygen atoms in total. The number of anilines is 1. The Hall–Kier alpha value is -3.73. The minimum Gasteiger partial charge on any atom is -0.457 e. The molecule has 1 N–H and O–H groups in total. The number of aryl methyl sites for hydroxylation is 1. The Morgan fingerprint density at radius 3 is 2.53 bits per heavy atom. The third-order valence-electron chi connectivity index (χ3n) is 5.16. The van der Waals surface area contributed by atoms with Gasteiger partial charge in [-0.1, -0.05) is 40.7 Å². The monoisotopic (exact) mass is 536 g/mol. The number of aromatic nitrogens is 2. The number of nitrogens with one attached hydrogen (secondary N) is 1. The van der Waals surface area contributed by atoms with Gasteiger partial charge in [0.15, 0.2) is 0 Å². The summed E-state index contributed by atoms with van der Waals surface area (Å²) >= 11 is 12.4. The number of furan rings is 1. The topological polar surface area (TPSA) is 101 Å². The van der Waals surface area contributed by atoms with E-state index in [1.54, 1.807) is 55.5 Å². The van der Waals surface area contributed by atoms with Gasteiger partial charge in [0.1, 0.15) is 22.4 Å². The summed E-state index contributed by atoms with van der Waals surface area (Å²) in [6.07, 6.45) is 1.62. The minimum absolute atomic E-state index is 0.206. The zero-order chi connectivity index (χ0) is 25.2. The SMILES string of the molecule is Cc1nc(-c2ccc(NC(=O)CN3C(=O)/C(=C/c4ccc(-c5ccc(Cl)cc5)o4)SC3=S)cc2)no1. The zero-order valence-corrected chi connectivity index (χ0v) is 21.1. The molecule has 180 valence electrons. The summed E-state index contributed by atoms with van der Waals surface area (Å²) in [5.74, 6) is 1.35. The molecule has 1 fully saturated rings. The standard InChI is InChI=1S/C25H17ClN4O4S2/c1-14-27-23(29-34-14)16-4-8-18(9-5-16)28-22(31)13-30-24(32)21(36-25(30)35)12-19-10-11-20(33-19)15-2-6-17(26)7-3-15/h2-12H,13H2,1H3,(H,28,31)/b21-12-. The number of thioether (sulfide) groups is 1. The number of benzene rings is 2. The molecular formula is C25H17ClN4O4S2. The number of halogens is 1. The highest BCUT2D eigenvalue weighted by atomic mass is 35.5. The Bertz CT molecular complexity index is 1490. The third-order valence-corrected chi connectivity index (χ3v) is 6.79. The fraction of sp³-hybridized carbons (Fsp3) is 0.0800. The molecule has 2 amide bonds. The van der Waals surface area contributed by atoms with Crippen molar-refractivity contribution in [2.24, 2.45) is 0 Å². The van der Waals surface area contributed by atoms with E-state index in [1.807, 2.05) is 18.2 Å². The number of carbonyl (C=O) groups excluding carboxylic acids is 2. The molecule has 0 radical (unpaired) electrons. The number of hydrogen-bond donors (Lipinski definition) is 1. The second-order valence-electron chi connectivity index (χ2n) is 7.74. The minimum atomic E-state index is -0.376. The van der Waals surface area contributed by atoms with Gasteiger partial charge in [0.25, 0.3) is 5.91 Å². The second-order valence-corrected chi connectivity index (χ2v) is 9.85. The molecule has 2 aromatic carbocycles. The molecule has 3 heterocycles. The van der Waals surface area contributed by atoms with E-state index in [4.69, 9.17) is 32.8 Å². The van der Waals surface area contributed by atoms with Gasteiger partial charge in [0.2, 0.25) is 17.6 Å². The summed E-state index contributed by atoms with van der Waals surface area (Å²) in [7, 11) is 0. The van der Waals surface area contributed by atoms with Crippen LogP contribution in [-0.2, 0) is 9.59 Å². The first-order chi connectivity index (χ1) is 17.4. The second kappa shape index (κ2) is 10.1. The summed E-state index contributed by atoms with van der Waals surface area (Å²) in [5.41, 5.74) is 2.18. The Morgan fingerprint density at radius 1 is 1.11 bits per heavy atom. The van der Waals surface area contributed by atoms with Crippen LogP contribution in [0.25, 0.3) is 28.8 Å². The fourth-order valence-electron chi connectivity index (χ4n) is 3.43. The third kappa shape index (κ3) is 5.25. The highest BCUT2D eigenvalue weighted by Crippen LogP contribution is 2.33. The van der Waals surface area contributed by atoms with Gasteiger partial charge in [-0.25, -0.2) is 0 Å². The lowest BCUT2D eigenvalue weighted by molar-refractivity contribution is -0.126. The lowest BCUT2D eigenvalue weighted by Gasteiger charge is -2.14. The summed E-state index contributed by atoms with van der Waals surface area (Å²) < 4.78 is 11.1. The number of carbonyl (C=O) groups is 2. The van der Waals surface area contributed by atoms with Crippen LogP contribution in [0.4, 0.5) is 5.69 Å². The molecule has 0 spiro atoms. The molecular weight excluding hydrogens is 520 g/mol. The molecule has 36 heavy (non-hydrogen) atoms. The van der Waals surface area contributed by atoms with Crippen molar-refractivity contribution in [3.63, 3.8) is 0 Å². The van der Waals surface area contributed by atoms with Crippen molar-refractivity contribution in [3.05, 3.63) is 82.2 Å². The van der Waals surface area contributed by atoms with Gasteiger partial charge in [0.05, 0.1) is 4.91 Å². The van der Waals surface area contributed by atoms with Gasteiger partial charge < -0.3 is 14.3 Å². The normalized spacial score (nSPS) is 14.6. The molecule has 0 bridgehead atoms. The van der Waals surface area contributed by atoms with Crippen LogP contribution >= 0.6 is 35.6 Å². The summed E-state index contributed by atoms with van der Waals surface area (Å²) in [6, 6.07) is 17.8. The van der Waals surface area contributed by atoms with Crippen LogP contribution in [0, 0.1) is 6.92 Å². The number of thiocarbonyl (C=S) groups is 1. The maximum Gasteiger partial charge on any atom is 0.266 e. The highest BCUT2D eigenvalue weighted by Gasteiger charge is 2.33. The van der Waals surface area contributed by atoms with E-state index in [1.165, 1.54) is 4.90 Å². The van der Waals surface area contributed by atoms with Crippen LogP contribution < -0.4 is 5.32 Å². The molecule has 1 saturated heterocycles. The first-order valence-electron chi connectivity index (χ1n) is 10.7. The number of hydrogen-bond acceptors (Lipinski definition) is 8. The molecule has 1 aliphatic rings. The Morgan fingerprint density at radius 2 is 1.83 bits per heavy atom. The maximum atomic E-state index is 12.9. The van der Waals surface area contributed by atoms with Gasteiger partial charge in [-0.3, -0.25) is 14.5 Å². The van der Waals surface area contributed by atoms with E-state index >= 15 is 0 Å². The van der Waals surface area contributed by atoms with Crippen LogP contribution in [-0.4, -0.2) is 37.7 Å². The summed E-state index contributed by atoms with van der Waals surface area (Å²) in [4.78, 5) is 31.3. The quantitative estimate of drug-likeness (QED) is 0.244. The Labute approximate surface area is 220 Å². The van der Waals surface area contributed by atoms with Crippen molar-refractivity contribution in [1.82, 2.24) is 15.0 Å². The van der Waals surface area contributed by atoms with Gasteiger partial charge >= 0.3 is 0 Å². The van der Waals surface area contributed by atoms with E-state index in [0.717, 1.165) is 22.9 Å². The average Bonchev–Trinajstić information content (AvgIpc) is 3.57. The van der Waals surface area contributed by atoms with Crippen molar-refractivity contribution >= 4 is 63.5 Å². The van der Waals surface area contributed by atoms with Crippen LogP contribution in [0.15, 0.2) is 74.5 Å². The lowest BCUT2D eigenvalue weighted by atomic mass is 10.2. The number of rotatable bonds is 6. The van der Waals surface area contributed by atoms with Crippen molar-refractivity contribution in [2.45, 2.75) is 6.92 Å². The van der Waals surface area contributed by atoms with Gasteiger partial charge in [-0.2, -0.15) is 4.98 Å². The first-order valence-corrected chi connectivity index (χ1v) is 12.3. The van der Waals surface area contributed by atoms with Gasteiger partial charge in [-0.15, -0.1) is 0 Å². The number of amides is 2. The van der Waals surface area contributed by atoms with Gasteiger partial charge in [0, 0.05) is 34.8 Å². The predicted octanol–water partition coefficient (Wildman–Crippen LogP) is 5.80. The van der Waals surface area contributed by atoms with Crippen LogP contribution in [0.3, 0.4) is 0 Å². The van der Waals surface area contributed by atoms with Crippen molar-refractivity contribution in [1.29, 1.82) is 0 Å². The molecule has 11 heteroatoms. The Kier molecular flexibility index (Phi) is 6.73. The first kappa shape index (κ1) is 24.0. The number of nitrogens with zero attached hydrogens (tertiary/aromatic N) is 3. The molecule has 0 atom stereocenters. The van der Waals surface area contributed by atoms with E-state index in [-0.39, 0.29) is 18.4 Å². The van der Waals surface area contributed by atoms with E-state index in [2.05, 4.69) is 15.5 Å². The van der Waals surface area contributed by atoms with Crippen molar-refractivity contribution in [3.8, 4) is 22.7 Å². The lowest BCUT2D eigenvalue weighted by Crippen LogP contribution is -2.36. The molecule has 0 saturated carbocycles. The largest absolute Gasteiger partial charge is 0.457 e. The maximum absolute atomic E-state index is 12.9. The van der Waals surface area contributed by atoms with Crippen molar-refractivity contribution < 1.29 is 18.5 Å². The summed E-state index contributed by atoms with van der Waals surface area (Å²) in [6.45, 7) is 1.50.